The van der Waals surface area contributed by atoms with Crippen molar-refractivity contribution in [1.82, 2.24) is 0 Å². The summed E-state index contributed by atoms with van der Waals surface area (Å²) in [5.41, 5.74) is 2.16. The Morgan fingerprint density at radius 3 is 1.62 bits per heavy atom. The van der Waals surface area contributed by atoms with Gasteiger partial charge in [-0.1, -0.05) is 28.1 Å². The van der Waals surface area contributed by atoms with Crippen molar-refractivity contribution in [2.24, 2.45) is 0 Å². The summed E-state index contributed by atoms with van der Waals surface area (Å²) in [6, 6.07) is 10.4. The number of rotatable bonds is 0. The van der Waals surface area contributed by atoms with Crippen LogP contribution >= 0.6 is 15.9 Å². The number of hydrogen-bond donors (Lipinski definition) is 0. The zero-order chi connectivity index (χ0) is 22.0. The van der Waals surface area contributed by atoms with Gasteiger partial charge in [-0.05, 0) is 58.3 Å². The van der Waals surface area contributed by atoms with Crippen LogP contribution in [0.1, 0.15) is 47.0 Å². The number of fused-ring (bicyclic) bond motifs is 2. The van der Waals surface area contributed by atoms with Crippen molar-refractivity contribution in [2.75, 3.05) is 0 Å². The maximum absolute atomic E-state index is 12.5. The minimum atomic E-state index is -0.687. The highest BCUT2D eigenvalue weighted by atomic mass is 79.9. The molecule has 5 aromatic rings. The first-order valence-electron chi connectivity index (χ1n) is 9.80. The summed E-state index contributed by atoms with van der Waals surface area (Å²) in [6.07, 6.45) is 0. The van der Waals surface area contributed by atoms with Gasteiger partial charge < -0.3 is 9.47 Å². The minimum absolute atomic E-state index is 0.317. The first kappa shape index (κ1) is 17.8. The Hall–Kier alpha value is -3.84. The summed E-state index contributed by atoms with van der Waals surface area (Å²) in [5, 5.41) is 5.94. The average Bonchev–Trinajstić information content (AvgIpc) is 2.76. The van der Waals surface area contributed by atoms with Crippen molar-refractivity contribution in [1.29, 1.82) is 0 Å². The van der Waals surface area contributed by atoms with E-state index in [9.17, 15) is 19.2 Å². The van der Waals surface area contributed by atoms with Crippen LogP contribution in [0.5, 0.6) is 0 Å². The molecule has 0 amide bonds. The van der Waals surface area contributed by atoms with E-state index in [0.29, 0.717) is 37.5 Å². The Bertz CT molecular complexity index is 1680. The molecule has 2 aliphatic heterocycles. The van der Waals surface area contributed by atoms with E-state index in [1.54, 1.807) is 24.3 Å². The number of carbonyl (C=O) groups is 4. The number of cyclic esters (lactones) is 4. The molecule has 7 heteroatoms. The Kier molecular flexibility index (Phi) is 3.06. The Morgan fingerprint density at radius 2 is 1.03 bits per heavy atom. The van der Waals surface area contributed by atoms with Crippen LogP contribution in [-0.4, -0.2) is 23.9 Å². The number of ether oxygens (including phenoxy) is 2. The summed E-state index contributed by atoms with van der Waals surface area (Å²) < 4.78 is 10.5. The fourth-order valence-corrected chi connectivity index (χ4v) is 5.95. The van der Waals surface area contributed by atoms with Crippen molar-refractivity contribution >= 4 is 82.9 Å². The lowest BCUT2D eigenvalue weighted by Gasteiger charge is -2.24. The Labute approximate surface area is 187 Å². The molecule has 2 aliphatic rings. The monoisotopic (exact) mass is 484 g/mol. The number of hydrogen-bond acceptors (Lipinski definition) is 6. The van der Waals surface area contributed by atoms with Gasteiger partial charge in [-0.3, -0.25) is 0 Å². The highest BCUT2D eigenvalue weighted by Gasteiger charge is 2.34. The normalized spacial score (nSPS) is 15.3. The SMILES string of the molecule is Cc1cc2c3c(ccc4c5c(Br)cc6c7c(ccc(c1c34)c75)C(=O)OC6=O)C(=O)OC2=O. The molecule has 0 N–H and O–H groups in total. The van der Waals surface area contributed by atoms with Gasteiger partial charge in [-0.2, -0.15) is 0 Å². The smallest absolute Gasteiger partial charge is 0.346 e. The van der Waals surface area contributed by atoms with Gasteiger partial charge in [0.05, 0.1) is 22.3 Å². The molecule has 0 aliphatic carbocycles. The largest absolute Gasteiger partial charge is 0.386 e. The number of benzene rings is 5. The standard InChI is InChI=1S/C25H9BrO6/c1-8-6-13-17-11(22(27)31-24(13)29)5-3-10-19-15(26)7-14-18-12(23(28)32-25(14)30)4-2-9(21(18)19)16(8)20(10)17/h2-7H,1H3. The Balaban J connectivity index is 1.88. The molecule has 5 aromatic carbocycles. The van der Waals surface area contributed by atoms with E-state index in [-0.39, 0.29) is 0 Å². The molecule has 152 valence electrons. The van der Waals surface area contributed by atoms with Crippen LogP contribution in [0.4, 0.5) is 0 Å². The molecule has 6 nitrogen and oxygen atoms in total. The average molecular weight is 485 g/mol. The minimum Gasteiger partial charge on any atom is -0.386 e. The predicted molar refractivity (Wildman–Crippen MR) is 120 cm³/mol. The Morgan fingerprint density at radius 1 is 0.562 bits per heavy atom. The van der Waals surface area contributed by atoms with Crippen molar-refractivity contribution in [3.8, 4) is 0 Å². The van der Waals surface area contributed by atoms with Crippen molar-refractivity contribution in [3.05, 3.63) is 68.7 Å². The number of esters is 4. The molecule has 0 saturated heterocycles. The number of halogens is 1. The second-order valence-electron chi connectivity index (χ2n) is 8.07. The predicted octanol–water partition coefficient (Wildman–Crippen LogP) is 5.43. The van der Waals surface area contributed by atoms with Crippen LogP contribution in [-0.2, 0) is 9.47 Å². The van der Waals surface area contributed by atoms with Crippen LogP contribution < -0.4 is 0 Å². The van der Waals surface area contributed by atoms with Gasteiger partial charge in [0.25, 0.3) is 0 Å². The second-order valence-corrected chi connectivity index (χ2v) is 8.93. The van der Waals surface area contributed by atoms with Gasteiger partial charge in [0, 0.05) is 26.0 Å². The zero-order valence-electron chi connectivity index (χ0n) is 16.3. The first-order valence-corrected chi connectivity index (χ1v) is 10.6. The van der Waals surface area contributed by atoms with Crippen LogP contribution in [0.2, 0.25) is 0 Å². The molecular weight excluding hydrogens is 476 g/mol. The third-order valence-electron chi connectivity index (χ3n) is 6.50. The molecule has 0 atom stereocenters. The fourth-order valence-electron chi connectivity index (χ4n) is 5.31. The van der Waals surface area contributed by atoms with Crippen LogP contribution in [0.15, 0.2) is 40.9 Å². The fraction of sp³-hybridized carbons (Fsp3) is 0.0400. The van der Waals surface area contributed by atoms with E-state index in [1.807, 2.05) is 19.1 Å². The van der Waals surface area contributed by atoms with Gasteiger partial charge in [-0.25, -0.2) is 19.2 Å². The second kappa shape index (κ2) is 5.49. The van der Waals surface area contributed by atoms with E-state index >= 15 is 0 Å². The van der Waals surface area contributed by atoms with Crippen molar-refractivity contribution < 1.29 is 28.7 Å². The molecule has 2 heterocycles. The summed E-state index contributed by atoms with van der Waals surface area (Å²) in [6.45, 7) is 1.89. The van der Waals surface area contributed by atoms with Crippen molar-refractivity contribution in [2.45, 2.75) is 6.92 Å². The van der Waals surface area contributed by atoms with E-state index in [1.165, 1.54) is 0 Å². The van der Waals surface area contributed by atoms with E-state index in [4.69, 9.17) is 9.47 Å². The zero-order valence-corrected chi connectivity index (χ0v) is 17.9. The maximum atomic E-state index is 12.5. The van der Waals surface area contributed by atoms with Gasteiger partial charge in [0.2, 0.25) is 0 Å². The molecule has 0 saturated carbocycles. The van der Waals surface area contributed by atoms with Gasteiger partial charge in [0.15, 0.2) is 0 Å². The highest BCUT2D eigenvalue weighted by Crippen LogP contribution is 2.48. The van der Waals surface area contributed by atoms with Crippen LogP contribution in [0.3, 0.4) is 0 Å². The molecule has 7 rings (SSSR count). The lowest BCUT2D eigenvalue weighted by molar-refractivity contribution is 0.0373. The van der Waals surface area contributed by atoms with Crippen LogP contribution in [0.25, 0.3) is 43.1 Å². The quantitative estimate of drug-likeness (QED) is 0.126. The van der Waals surface area contributed by atoms with E-state index in [2.05, 4.69) is 15.9 Å². The molecule has 0 radical (unpaired) electrons. The number of carbonyl (C=O) groups excluding carboxylic acids is 4. The molecule has 0 aromatic heterocycles. The van der Waals surface area contributed by atoms with E-state index in [0.717, 1.165) is 37.9 Å². The molecule has 0 bridgehead atoms. The third kappa shape index (κ3) is 1.87. The molecular formula is C25H9BrO6. The summed E-state index contributed by atoms with van der Waals surface area (Å²) in [5.74, 6) is -2.71. The highest BCUT2D eigenvalue weighted by molar-refractivity contribution is 9.10. The van der Waals surface area contributed by atoms with Gasteiger partial charge >= 0.3 is 23.9 Å². The topological polar surface area (TPSA) is 86.7 Å². The summed E-state index contributed by atoms with van der Waals surface area (Å²) in [4.78, 5) is 50.0. The summed E-state index contributed by atoms with van der Waals surface area (Å²) in [7, 11) is 0. The lowest BCUT2D eigenvalue weighted by Crippen LogP contribution is -2.21. The van der Waals surface area contributed by atoms with Crippen LogP contribution in [0, 0.1) is 6.92 Å². The molecule has 0 spiro atoms. The van der Waals surface area contributed by atoms with Gasteiger partial charge in [0.1, 0.15) is 0 Å². The lowest BCUT2D eigenvalue weighted by atomic mass is 9.82. The van der Waals surface area contributed by atoms with E-state index < -0.39 is 23.9 Å². The maximum Gasteiger partial charge on any atom is 0.346 e. The first-order chi connectivity index (χ1) is 15.4. The third-order valence-corrected chi connectivity index (χ3v) is 7.13. The molecule has 32 heavy (non-hydrogen) atoms. The summed E-state index contributed by atoms with van der Waals surface area (Å²) >= 11 is 3.60. The van der Waals surface area contributed by atoms with Crippen molar-refractivity contribution in [3.63, 3.8) is 0 Å². The van der Waals surface area contributed by atoms with Gasteiger partial charge in [-0.15, -0.1) is 0 Å². The number of aryl methyl sites for hydroxylation is 1. The molecule has 0 fully saturated rings. The molecule has 0 unspecified atom stereocenters.